The van der Waals surface area contributed by atoms with E-state index in [-0.39, 0.29) is 6.10 Å². The Morgan fingerprint density at radius 2 is 2.40 bits per heavy atom. The molecule has 0 aromatic rings. The molecule has 0 aliphatic carbocycles. The third-order valence-electron chi connectivity index (χ3n) is 2.03. The smallest absolute Gasteiger partial charge is 0.0597 e. The van der Waals surface area contributed by atoms with E-state index in [9.17, 15) is 5.11 Å². The normalized spacial score (nSPS) is 35.4. The van der Waals surface area contributed by atoms with Gasteiger partial charge in [0.05, 0.1) is 12.2 Å². The van der Waals surface area contributed by atoms with Gasteiger partial charge in [-0.2, -0.15) is 0 Å². The van der Waals surface area contributed by atoms with Crippen molar-refractivity contribution in [1.29, 1.82) is 0 Å². The Bertz CT molecular complexity index is 93.3. The van der Waals surface area contributed by atoms with Crippen molar-refractivity contribution < 1.29 is 9.84 Å². The Labute approximate surface area is 62.2 Å². The first kappa shape index (κ1) is 8.02. The Morgan fingerprint density at radius 1 is 1.60 bits per heavy atom. The van der Waals surface area contributed by atoms with Crippen LogP contribution in [0.3, 0.4) is 0 Å². The molecule has 0 saturated carbocycles. The molecule has 0 aromatic heterocycles. The molecule has 1 aliphatic heterocycles. The molecule has 2 nitrogen and oxygen atoms in total. The summed E-state index contributed by atoms with van der Waals surface area (Å²) in [5, 5.41) is 9.31. The lowest BCUT2D eigenvalue weighted by atomic mass is 10.1. The second-order valence-electron chi connectivity index (χ2n) is 2.93. The molecule has 0 unspecified atom stereocenters. The van der Waals surface area contributed by atoms with Crippen LogP contribution in [0.15, 0.2) is 0 Å². The predicted octanol–water partition coefficient (Wildman–Crippen LogP) is 1.33. The highest BCUT2D eigenvalue weighted by molar-refractivity contribution is 4.67. The summed E-state index contributed by atoms with van der Waals surface area (Å²) in [4.78, 5) is 0. The van der Waals surface area contributed by atoms with E-state index in [1.165, 1.54) is 0 Å². The van der Waals surface area contributed by atoms with E-state index >= 15 is 0 Å². The topological polar surface area (TPSA) is 29.5 Å². The van der Waals surface area contributed by atoms with E-state index in [2.05, 4.69) is 6.92 Å². The Balaban J connectivity index is 2.30. The fourth-order valence-electron chi connectivity index (χ4n) is 1.34. The van der Waals surface area contributed by atoms with Crippen molar-refractivity contribution >= 4 is 0 Å². The van der Waals surface area contributed by atoms with Crippen molar-refractivity contribution in [3.05, 3.63) is 0 Å². The molecular weight excluding hydrogens is 128 g/mol. The van der Waals surface area contributed by atoms with Gasteiger partial charge in [-0.05, 0) is 25.7 Å². The standard InChI is InChI=1S/C8H16O2/c1-2-8-6-7(9)4-3-5-10-8/h7-9H,2-6H2,1H3/t7-,8-/m0/s1. The molecule has 2 heteroatoms. The van der Waals surface area contributed by atoms with Gasteiger partial charge in [-0.1, -0.05) is 6.92 Å². The molecule has 1 heterocycles. The van der Waals surface area contributed by atoms with Crippen molar-refractivity contribution in [3.8, 4) is 0 Å². The molecule has 0 aromatic carbocycles. The molecule has 1 fully saturated rings. The third-order valence-corrected chi connectivity index (χ3v) is 2.03. The molecule has 2 atom stereocenters. The number of hydrogen-bond acceptors (Lipinski definition) is 2. The maximum atomic E-state index is 9.31. The average molecular weight is 144 g/mol. The molecule has 0 radical (unpaired) electrons. The van der Waals surface area contributed by atoms with Crippen molar-refractivity contribution in [1.82, 2.24) is 0 Å². The fraction of sp³-hybridized carbons (Fsp3) is 1.00. The fourth-order valence-corrected chi connectivity index (χ4v) is 1.34. The lowest BCUT2D eigenvalue weighted by Crippen LogP contribution is -2.16. The summed E-state index contributed by atoms with van der Waals surface area (Å²) in [7, 11) is 0. The van der Waals surface area contributed by atoms with Crippen LogP contribution in [0, 0.1) is 0 Å². The minimum atomic E-state index is -0.118. The van der Waals surface area contributed by atoms with Gasteiger partial charge in [-0.25, -0.2) is 0 Å². The van der Waals surface area contributed by atoms with Gasteiger partial charge in [0.15, 0.2) is 0 Å². The van der Waals surface area contributed by atoms with Gasteiger partial charge in [0, 0.05) is 6.61 Å². The van der Waals surface area contributed by atoms with E-state index in [1.54, 1.807) is 0 Å². The van der Waals surface area contributed by atoms with Crippen LogP contribution in [0.25, 0.3) is 0 Å². The second kappa shape index (κ2) is 3.94. The van der Waals surface area contributed by atoms with E-state index in [0.29, 0.717) is 6.10 Å². The van der Waals surface area contributed by atoms with Gasteiger partial charge in [-0.3, -0.25) is 0 Å². The lowest BCUT2D eigenvalue weighted by molar-refractivity contribution is 0.0385. The van der Waals surface area contributed by atoms with Gasteiger partial charge in [0.25, 0.3) is 0 Å². The molecule has 1 saturated heterocycles. The first-order valence-corrected chi connectivity index (χ1v) is 4.12. The first-order chi connectivity index (χ1) is 4.83. The lowest BCUT2D eigenvalue weighted by Gasteiger charge is -2.13. The van der Waals surface area contributed by atoms with Crippen LogP contribution in [0.4, 0.5) is 0 Å². The van der Waals surface area contributed by atoms with Gasteiger partial charge in [0.2, 0.25) is 0 Å². The number of ether oxygens (including phenoxy) is 1. The Kier molecular flexibility index (Phi) is 3.16. The predicted molar refractivity (Wildman–Crippen MR) is 39.9 cm³/mol. The van der Waals surface area contributed by atoms with Crippen LogP contribution in [-0.2, 0) is 4.74 Å². The first-order valence-electron chi connectivity index (χ1n) is 4.12. The summed E-state index contributed by atoms with van der Waals surface area (Å²) in [6.07, 6.45) is 3.96. The van der Waals surface area contributed by atoms with Crippen LogP contribution in [-0.4, -0.2) is 23.9 Å². The maximum Gasteiger partial charge on any atom is 0.0597 e. The minimum absolute atomic E-state index is 0.118. The Hall–Kier alpha value is -0.0800. The largest absolute Gasteiger partial charge is 0.393 e. The molecule has 1 N–H and O–H groups in total. The van der Waals surface area contributed by atoms with Crippen LogP contribution in [0.5, 0.6) is 0 Å². The summed E-state index contributed by atoms with van der Waals surface area (Å²) in [6.45, 7) is 2.93. The zero-order chi connectivity index (χ0) is 7.40. The van der Waals surface area contributed by atoms with Crippen molar-refractivity contribution in [2.75, 3.05) is 6.61 Å². The summed E-state index contributed by atoms with van der Waals surface area (Å²) in [6, 6.07) is 0. The third kappa shape index (κ3) is 2.27. The molecule has 0 bridgehead atoms. The molecule has 10 heavy (non-hydrogen) atoms. The molecule has 0 spiro atoms. The number of rotatable bonds is 1. The van der Waals surface area contributed by atoms with Gasteiger partial charge in [0.1, 0.15) is 0 Å². The van der Waals surface area contributed by atoms with Gasteiger partial charge in [-0.15, -0.1) is 0 Å². The number of aliphatic hydroxyl groups is 1. The molecular formula is C8H16O2. The molecule has 1 rings (SSSR count). The summed E-state index contributed by atoms with van der Waals surface area (Å²) >= 11 is 0. The van der Waals surface area contributed by atoms with Crippen LogP contribution >= 0.6 is 0 Å². The van der Waals surface area contributed by atoms with Crippen molar-refractivity contribution in [2.24, 2.45) is 0 Å². The summed E-state index contributed by atoms with van der Waals surface area (Å²) < 4.78 is 5.46. The quantitative estimate of drug-likeness (QED) is 0.601. The van der Waals surface area contributed by atoms with E-state index < -0.39 is 0 Å². The zero-order valence-corrected chi connectivity index (χ0v) is 6.55. The minimum Gasteiger partial charge on any atom is -0.393 e. The molecule has 60 valence electrons. The van der Waals surface area contributed by atoms with Crippen molar-refractivity contribution in [2.45, 2.75) is 44.8 Å². The van der Waals surface area contributed by atoms with Gasteiger partial charge < -0.3 is 9.84 Å². The van der Waals surface area contributed by atoms with Crippen LogP contribution in [0.2, 0.25) is 0 Å². The van der Waals surface area contributed by atoms with E-state index in [1.807, 2.05) is 0 Å². The summed E-state index contributed by atoms with van der Waals surface area (Å²) in [5.74, 6) is 0. The molecule has 1 aliphatic rings. The number of aliphatic hydroxyl groups excluding tert-OH is 1. The number of hydrogen-bond donors (Lipinski definition) is 1. The monoisotopic (exact) mass is 144 g/mol. The summed E-state index contributed by atoms with van der Waals surface area (Å²) in [5.41, 5.74) is 0. The second-order valence-corrected chi connectivity index (χ2v) is 2.93. The highest BCUT2D eigenvalue weighted by atomic mass is 16.5. The maximum absolute atomic E-state index is 9.31. The van der Waals surface area contributed by atoms with Crippen LogP contribution < -0.4 is 0 Å². The van der Waals surface area contributed by atoms with E-state index in [0.717, 1.165) is 32.3 Å². The zero-order valence-electron chi connectivity index (χ0n) is 6.55. The van der Waals surface area contributed by atoms with Crippen LogP contribution in [0.1, 0.15) is 32.6 Å². The van der Waals surface area contributed by atoms with Gasteiger partial charge >= 0.3 is 0 Å². The van der Waals surface area contributed by atoms with E-state index in [4.69, 9.17) is 4.74 Å². The van der Waals surface area contributed by atoms with Crippen molar-refractivity contribution in [3.63, 3.8) is 0 Å². The highest BCUT2D eigenvalue weighted by Gasteiger charge is 2.16. The Morgan fingerprint density at radius 3 is 3.10 bits per heavy atom. The molecule has 0 amide bonds. The SMILES string of the molecule is CC[C@H]1C[C@@H](O)CCCO1. The highest BCUT2D eigenvalue weighted by Crippen LogP contribution is 2.15. The average Bonchev–Trinajstić information content (AvgIpc) is 2.13.